The van der Waals surface area contributed by atoms with Crippen LogP contribution in [-0.4, -0.2) is 26.4 Å². The minimum absolute atomic E-state index is 0.0679. The number of nitrogens with one attached hydrogen (secondary N) is 1. The predicted molar refractivity (Wildman–Crippen MR) is 118 cm³/mol. The second kappa shape index (κ2) is 9.28. The molecule has 5 nitrogen and oxygen atoms in total. The summed E-state index contributed by atoms with van der Waals surface area (Å²) >= 11 is 7.12. The molecule has 1 N–H and O–H groups in total. The molecule has 0 fully saturated rings. The third-order valence-electron chi connectivity index (χ3n) is 4.29. The molecule has 0 aliphatic heterocycles. The summed E-state index contributed by atoms with van der Waals surface area (Å²) in [6.07, 6.45) is 0. The number of carbonyl (C=O) groups is 1. The van der Waals surface area contributed by atoms with E-state index in [4.69, 9.17) is 11.6 Å². The minimum Gasteiger partial charge on any atom is -0.323 e. The van der Waals surface area contributed by atoms with Gasteiger partial charge in [-0.05, 0) is 48.5 Å². The van der Waals surface area contributed by atoms with Crippen molar-refractivity contribution >= 4 is 35.0 Å². The smallest absolute Gasteiger partial charge is 0.234 e. The van der Waals surface area contributed by atoms with Crippen molar-refractivity contribution in [3.63, 3.8) is 0 Å². The summed E-state index contributed by atoms with van der Waals surface area (Å²) in [5, 5.41) is 12.0. The van der Waals surface area contributed by atoms with Crippen LogP contribution in [0.25, 0.3) is 17.1 Å². The third-order valence-corrected chi connectivity index (χ3v) is 5.47. The van der Waals surface area contributed by atoms with Crippen LogP contribution in [0.15, 0.2) is 78.0 Å². The molecular weight excluding hydrogens is 442 g/mol. The first-order valence-electron chi connectivity index (χ1n) is 9.16. The standard InChI is InChI=1S/C22H15ClF2N4OS/c23-15-8-6-14(7-9-15)21-27-28-22(29(21)17-4-2-1-3-5-17)31-13-20(30)26-19-12-16(24)10-11-18(19)25/h1-12H,13H2,(H,26,30). The van der Waals surface area contributed by atoms with Crippen molar-refractivity contribution in [1.29, 1.82) is 0 Å². The van der Waals surface area contributed by atoms with E-state index in [0.29, 0.717) is 16.0 Å². The number of hydrogen-bond donors (Lipinski definition) is 1. The van der Waals surface area contributed by atoms with Crippen LogP contribution in [0.1, 0.15) is 0 Å². The summed E-state index contributed by atoms with van der Waals surface area (Å²) in [6, 6.07) is 19.5. The van der Waals surface area contributed by atoms with Gasteiger partial charge in [0.25, 0.3) is 0 Å². The van der Waals surface area contributed by atoms with Crippen LogP contribution in [-0.2, 0) is 4.79 Å². The zero-order valence-corrected chi connectivity index (χ0v) is 17.5. The number of nitrogens with zero attached hydrogens (tertiary/aromatic N) is 3. The lowest BCUT2D eigenvalue weighted by atomic mass is 10.2. The Morgan fingerprint density at radius 2 is 1.74 bits per heavy atom. The zero-order valence-electron chi connectivity index (χ0n) is 15.9. The van der Waals surface area contributed by atoms with Crippen molar-refractivity contribution in [3.8, 4) is 17.1 Å². The summed E-state index contributed by atoms with van der Waals surface area (Å²) in [5.41, 5.74) is 1.41. The van der Waals surface area contributed by atoms with E-state index in [1.54, 1.807) is 12.1 Å². The Morgan fingerprint density at radius 3 is 2.48 bits per heavy atom. The molecule has 1 heterocycles. The Bertz CT molecular complexity index is 1220. The van der Waals surface area contributed by atoms with Crippen LogP contribution in [0, 0.1) is 11.6 Å². The summed E-state index contributed by atoms with van der Waals surface area (Å²) in [6.45, 7) is 0. The van der Waals surface area contributed by atoms with E-state index in [1.165, 1.54) is 0 Å². The number of aromatic nitrogens is 3. The van der Waals surface area contributed by atoms with Gasteiger partial charge < -0.3 is 5.32 Å². The first kappa shape index (κ1) is 21.0. The Labute approximate surface area is 186 Å². The molecule has 0 radical (unpaired) electrons. The fourth-order valence-corrected chi connectivity index (χ4v) is 3.75. The molecule has 9 heteroatoms. The second-order valence-electron chi connectivity index (χ2n) is 6.45. The number of rotatable bonds is 6. The molecule has 4 aromatic rings. The van der Waals surface area contributed by atoms with Gasteiger partial charge in [-0.25, -0.2) is 8.78 Å². The average molecular weight is 457 g/mol. The normalized spacial score (nSPS) is 10.8. The quantitative estimate of drug-likeness (QED) is 0.384. The first-order chi connectivity index (χ1) is 15.0. The lowest BCUT2D eigenvalue weighted by Gasteiger charge is -2.11. The van der Waals surface area contributed by atoms with Crippen molar-refractivity contribution < 1.29 is 13.6 Å². The first-order valence-corrected chi connectivity index (χ1v) is 10.5. The van der Waals surface area contributed by atoms with E-state index in [9.17, 15) is 13.6 Å². The number of benzene rings is 3. The van der Waals surface area contributed by atoms with Gasteiger partial charge in [-0.2, -0.15) is 0 Å². The van der Waals surface area contributed by atoms with E-state index in [0.717, 1.165) is 41.2 Å². The molecule has 1 aromatic heterocycles. The molecule has 0 saturated carbocycles. The van der Waals surface area contributed by atoms with Crippen molar-refractivity contribution in [1.82, 2.24) is 14.8 Å². The molecule has 0 aliphatic carbocycles. The molecule has 0 bridgehead atoms. The third kappa shape index (κ3) is 4.92. The van der Waals surface area contributed by atoms with Gasteiger partial charge in [0.05, 0.1) is 11.4 Å². The number of hydrogen-bond acceptors (Lipinski definition) is 4. The molecule has 0 saturated heterocycles. The minimum atomic E-state index is -0.711. The van der Waals surface area contributed by atoms with Gasteiger partial charge in [0.2, 0.25) is 5.91 Å². The van der Waals surface area contributed by atoms with E-state index < -0.39 is 17.5 Å². The van der Waals surface area contributed by atoms with Crippen LogP contribution in [0.3, 0.4) is 0 Å². The maximum atomic E-state index is 13.8. The Morgan fingerprint density at radius 1 is 1.00 bits per heavy atom. The number of thioether (sulfide) groups is 1. The van der Waals surface area contributed by atoms with Crippen LogP contribution in [0.2, 0.25) is 5.02 Å². The number of halogens is 3. The van der Waals surface area contributed by atoms with E-state index >= 15 is 0 Å². The molecule has 3 aromatic carbocycles. The lowest BCUT2D eigenvalue weighted by Crippen LogP contribution is -2.15. The summed E-state index contributed by atoms with van der Waals surface area (Å²) in [7, 11) is 0. The topological polar surface area (TPSA) is 59.8 Å². The maximum absolute atomic E-state index is 13.8. The Balaban J connectivity index is 1.59. The highest BCUT2D eigenvalue weighted by atomic mass is 35.5. The highest BCUT2D eigenvalue weighted by molar-refractivity contribution is 7.99. The molecule has 0 aliphatic rings. The fourth-order valence-electron chi connectivity index (χ4n) is 2.87. The highest BCUT2D eigenvalue weighted by Crippen LogP contribution is 2.29. The monoisotopic (exact) mass is 456 g/mol. The second-order valence-corrected chi connectivity index (χ2v) is 7.82. The molecule has 1 amide bonds. The molecule has 4 rings (SSSR count). The molecule has 0 unspecified atom stereocenters. The van der Waals surface area contributed by atoms with E-state index in [2.05, 4.69) is 15.5 Å². The zero-order chi connectivity index (χ0) is 21.8. The van der Waals surface area contributed by atoms with E-state index in [1.807, 2.05) is 47.0 Å². The van der Waals surface area contributed by atoms with Gasteiger partial charge in [0, 0.05) is 22.3 Å². The molecule has 0 spiro atoms. The Hall–Kier alpha value is -3.23. The molecular formula is C22H15ClF2N4OS. The SMILES string of the molecule is O=C(CSc1nnc(-c2ccc(Cl)cc2)n1-c1ccccc1)Nc1cc(F)ccc1F. The van der Waals surface area contributed by atoms with Crippen LogP contribution < -0.4 is 5.32 Å². The number of para-hydroxylation sites is 1. The number of amides is 1. The summed E-state index contributed by atoms with van der Waals surface area (Å²) in [4.78, 5) is 12.3. The summed E-state index contributed by atoms with van der Waals surface area (Å²) in [5.74, 6) is -1.33. The number of anilines is 1. The van der Waals surface area contributed by atoms with Gasteiger partial charge in [-0.1, -0.05) is 41.6 Å². The lowest BCUT2D eigenvalue weighted by molar-refractivity contribution is -0.113. The van der Waals surface area contributed by atoms with Crippen molar-refractivity contribution in [2.45, 2.75) is 5.16 Å². The van der Waals surface area contributed by atoms with Gasteiger partial charge >= 0.3 is 0 Å². The van der Waals surface area contributed by atoms with Crippen molar-refractivity contribution in [2.75, 3.05) is 11.1 Å². The van der Waals surface area contributed by atoms with Gasteiger partial charge in [0.15, 0.2) is 11.0 Å². The number of carbonyl (C=O) groups excluding carboxylic acids is 1. The van der Waals surface area contributed by atoms with Gasteiger partial charge in [-0.3, -0.25) is 9.36 Å². The van der Waals surface area contributed by atoms with E-state index in [-0.39, 0.29) is 11.4 Å². The Kier molecular flexibility index (Phi) is 6.29. The molecule has 156 valence electrons. The predicted octanol–water partition coefficient (Wildman–Crippen LogP) is 5.60. The fraction of sp³-hybridized carbons (Fsp3) is 0.0455. The molecule has 0 atom stereocenters. The van der Waals surface area contributed by atoms with Crippen molar-refractivity contribution in [2.24, 2.45) is 0 Å². The van der Waals surface area contributed by atoms with Gasteiger partial charge in [-0.15, -0.1) is 10.2 Å². The average Bonchev–Trinajstić information content (AvgIpc) is 3.20. The van der Waals surface area contributed by atoms with Crippen LogP contribution in [0.5, 0.6) is 0 Å². The summed E-state index contributed by atoms with van der Waals surface area (Å²) < 4.78 is 28.9. The highest BCUT2D eigenvalue weighted by Gasteiger charge is 2.18. The van der Waals surface area contributed by atoms with Crippen molar-refractivity contribution in [3.05, 3.63) is 89.5 Å². The van der Waals surface area contributed by atoms with Crippen LogP contribution >= 0.6 is 23.4 Å². The molecule has 31 heavy (non-hydrogen) atoms. The van der Waals surface area contributed by atoms with Crippen LogP contribution in [0.4, 0.5) is 14.5 Å². The maximum Gasteiger partial charge on any atom is 0.234 e. The van der Waals surface area contributed by atoms with Gasteiger partial charge in [0.1, 0.15) is 11.6 Å². The largest absolute Gasteiger partial charge is 0.323 e.